The SMILES string of the molecule is O=C(NCc1ccc2c(c1)OCO2)NC[C@@H]1Cc2ccccc2CO1. The van der Waals surface area contributed by atoms with Crippen LogP contribution >= 0.6 is 0 Å². The molecule has 0 unspecified atom stereocenters. The Labute approximate surface area is 146 Å². The molecule has 2 amide bonds. The second-order valence-electron chi connectivity index (χ2n) is 6.16. The van der Waals surface area contributed by atoms with Gasteiger partial charge in [0.15, 0.2) is 11.5 Å². The normalized spacial score (nSPS) is 17.7. The number of carbonyl (C=O) groups is 1. The largest absolute Gasteiger partial charge is 0.454 e. The second kappa shape index (κ2) is 7.03. The van der Waals surface area contributed by atoms with E-state index >= 15 is 0 Å². The van der Waals surface area contributed by atoms with E-state index in [1.807, 2.05) is 30.3 Å². The third kappa shape index (κ3) is 3.69. The first-order valence-corrected chi connectivity index (χ1v) is 8.36. The van der Waals surface area contributed by atoms with E-state index in [1.165, 1.54) is 11.1 Å². The molecule has 6 nitrogen and oxygen atoms in total. The summed E-state index contributed by atoms with van der Waals surface area (Å²) in [4.78, 5) is 12.0. The minimum atomic E-state index is -0.208. The van der Waals surface area contributed by atoms with Gasteiger partial charge in [-0.05, 0) is 28.8 Å². The predicted molar refractivity (Wildman–Crippen MR) is 91.5 cm³/mol. The van der Waals surface area contributed by atoms with Gasteiger partial charge in [-0.25, -0.2) is 4.79 Å². The summed E-state index contributed by atoms with van der Waals surface area (Å²) < 4.78 is 16.4. The molecule has 0 spiro atoms. The van der Waals surface area contributed by atoms with Gasteiger partial charge >= 0.3 is 6.03 Å². The molecule has 6 heteroatoms. The zero-order valence-corrected chi connectivity index (χ0v) is 13.8. The van der Waals surface area contributed by atoms with Crippen LogP contribution in [0.2, 0.25) is 0 Å². The highest BCUT2D eigenvalue weighted by atomic mass is 16.7. The molecule has 25 heavy (non-hydrogen) atoms. The fourth-order valence-electron chi connectivity index (χ4n) is 3.04. The molecule has 2 N–H and O–H groups in total. The molecule has 0 fully saturated rings. The molecule has 2 aromatic carbocycles. The smallest absolute Gasteiger partial charge is 0.315 e. The van der Waals surface area contributed by atoms with Gasteiger partial charge in [-0.3, -0.25) is 0 Å². The van der Waals surface area contributed by atoms with Crippen molar-refractivity contribution >= 4 is 6.03 Å². The first kappa shape index (κ1) is 15.8. The number of ether oxygens (including phenoxy) is 3. The van der Waals surface area contributed by atoms with Crippen molar-refractivity contribution in [2.45, 2.75) is 25.7 Å². The topological polar surface area (TPSA) is 68.8 Å². The summed E-state index contributed by atoms with van der Waals surface area (Å²) in [6.07, 6.45) is 0.824. The number of fused-ring (bicyclic) bond motifs is 2. The lowest BCUT2D eigenvalue weighted by atomic mass is 9.99. The van der Waals surface area contributed by atoms with Crippen LogP contribution in [0.4, 0.5) is 4.79 Å². The second-order valence-corrected chi connectivity index (χ2v) is 6.16. The Bertz CT molecular complexity index is 778. The van der Waals surface area contributed by atoms with Gasteiger partial charge in [0.2, 0.25) is 6.79 Å². The molecular formula is C19H20N2O4. The average Bonchev–Trinajstić information content (AvgIpc) is 3.12. The number of carbonyl (C=O) groups excluding carboxylic acids is 1. The lowest BCUT2D eigenvalue weighted by Gasteiger charge is -2.25. The Kier molecular flexibility index (Phi) is 4.43. The average molecular weight is 340 g/mol. The van der Waals surface area contributed by atoms with Gasteiger partial charge in [-0.2, -0.15) is 0 Å². The van der Waals surface area contributed by atoms with Crippen LogP contribution in [0.3, 0.4) is 0 Å². The highest BCUT2D eigenvalue weighted by Gasteiger charge is 2.19. The fourth-order valence-corrected chi connectivity index (χ4v) is 3.04. The van der Waals surface area contributed by atoms with Crippen molar-refractivity contribution in [2.24, 2.45) is 0 Å². The maximum Gasteiger partial charge on any atom is 0.315 e. The molecule has 2 aliphatic rings. The zero-order valence-electron chi connectivity index (χ0n) is 13.8. The number of rotatable bonds is 4. The van der Waals surface area contributed by atoms with Crippen LogP contribution in [0.25, 0.3) is 0 Å². The first-order valence-electron chi connectivity index (χ1n) is 8.36. The van der Waals surface area contributed by atoms with E-state index in [0.29, 0.717) is 25.4 Å². The van der Waals surface area contributed by atoms with E-state index in [9.17, 15) is 4.79 Å². The number of amides is 2. The third-order valence-electron chi connectivity index (χ3n) is 4.42. The third-order valence-corrected chi connectivity index (χ3v) is 4.42. The Balaban J connectivity index is 1.23. The lowest BCUT2D eigenvalue weighted by Crippen LogP contribution is -2.41. The summed E-state index contributed by atoms with van der Waals surface area (Å²) >= 11 is 0. The minimum absolute atomic E-state index is 0.00573. The standard InChI is InChI=1S/C19H20N2O4/c22-19(20-9-13-5-6-17-18(7-13)25-12-24-17)21-10-16-8-14-3-1-2-4-15(14)11-23-16/h1-7,16H,8-12H2,(H2,20,21,22)/t16-/m0/s1. The van der Waals surface area contributed by atoms with E-state index in [4.69, 9.17) is 14.2 Å². The molecule has 1 atom stereocenters. The molecule has 0 bridgehead atoms. The molecule has 2 aromatic rings. The van der Waals surface area contributed by atoms with Gasteiger partial charge in [-0.15, -0.1) is 0 Å². The molecule has 2 heterocycles. The van der Waals surface area contributed by atoms with Crippen LogP contribution in [0, 0.1) is 0 Å². The van der Waals surface area contributed by atoms with Crippen LogP contribution in [-0.4, -0.2) is 25.5 Å². The minimum Gasteiger partial charge on any atom is -0.454 e. The van der Waals surface area contributed by atoms with Crippen LogP contribution in [-0.2, 0) is 24.3 Å². The van der Waals surface area contributed by atoms with Crippen molar-refractivity contribution in [2.75, 3.05) is 13.3 Å². The predicted octanol–water partition coefficient (Wildman–Crippen LogP) is 2.36. The van der Waals surface area contributed by atoms with E-state index in [1.54, 1.807) is 0 Å². The van der Waals surface area contributed by atoms with Crippen LogP contribution in [0.15, 0.2) is 42.5 Å². The molecule has 4 rings (SSSR count). The molecule has 0 aliphatic carbocycles. The maximum atomic E-state index is 12.0. The molecule has 2 aliphatic heterocycles. The Morgan fingerprint density at radius 3 is 2.80 bits per heavy atom. The van der Waals surface area contributed by atoms with E-state index in [-0.39, 0.29) is 18.9 Å². The quantitative estimate of drug-likeness (QED) is 0.896. The van der Waals surface area contributed by atoms with Crippen molar-refractivity contribution in [1.29, 1.82) is 0 Å². The Morgan fingerprint density at radius 2 is 1.88 bits per heavy atom. The molecule has 0 radical (unpaired) electrons. The summed E-state index contributed by atoms with van der Waals surface area (Å²) in [7, 11) is 0. The molecule has 0 saturated carbocycles. The van der Waals surface area contributed by atoms with Gasteiger partial charge < -0.3 is 24.8 Å². The number of nitrogens with one attached hydrogen (secondary N) is 2. The number of benzene rings is 2. The van der Waals surface area contributed by atoms with Crippen molar-refractivity contribution in [3.63, 3.8) is 0 Å². The first-order chi connectivity index (χ1) is 12.3. The Hall–Kier alpha value is -2.73. The van der Waals surface area contributed by atoms with Crippen LogP contribution in [0.5, 0.6) is 11.5 Å². The molecule has 0 aromatic heterocycles. The van der Waals surface area contributed by atoms with E-state index in [2.05, 4.69) is 22.8 Å². The number of hydrogen-bond acceptors (Lipinski definition) is 4. The molecule has 0 saturated heterocycles. The summed E-state index contributed by atoms with van der Waals surface area (Å²) in [6.45, 7) is 1.76. The van der Waals surface area contributed by atoms with Crippen molar-refractivity contribution in [3.8, 4) is 11.5 Å². The highest BCUT2D eigenvalue weighted by molar-refractivity contribution is 5.73. The van der Waals surface area contributed by atoms with Crippen molar-refractivity contribution in [3.05, 3.63) is 59.2 Å². The number of urea groups is 1. The maximum absolute atomic E-state index is 12.0. The highest BCUT2D eigenvalue weighted by Crippen LogP contribution is 2.32. The van der Waals surface area contributed by atoms with Crippen molar-refractivity contribution < 1.29 is 19.0 Å². The summed E-state index contributed by atoms with van der Waals surface area (Å²) in [5.74, 6) is 1.46. The molecular weight excluding hydrogens is 320 g/mol. The van der Waals surface area contributed by atoms with Gasteiger partial charge in [0, 0.05) is 19.5 Å². The van der Waals surface area contributed by atoms with Gasteiger partial charge in [0.05, 0.1) is 12.7 Å². The summed E-state index contributed by atoms with van der Waals surface area (Å²) in [5, 5.41) is 5.72. The zero-order chi connectivity index (χ0) is 17.1. The Morgan fingerprint density at radius 1 is 1.04 bits per heavy atom. The van der Waals surface area contributed by atoms with Crippen LogP contribution in [0.1, 0.15) is 16.7 Å². The van der Waals surface area contributed by atoms with Crippen molar-refractivity contribution in [1.82, 2.24) is 10.6 Å². The van der Waals surface area contributed by atoms with E-state index < -0.39 is 0 Å². The lowest BCUT2D eigenvalue weighted by molar-refractivity contribution is 0.0305. The monoisotopic (exact) mass is 340 g/mol. The van der Waals surface area contributed by atoms with Gasteiger partial charge in [0.25, 0.3) is 0 Å². The van der Waals surface area contributed by atoms with Crippen LogP contribution < -0.4 is 20.1 Å². The molecule has 130 valence electrons. The van der Waals surface area contributed by atoms with E-state index in [0.717, 1.165) is 17.7 Å². The number of hydrogen-bond donors (Lipinski definition) is 2. The fraction of sp³-hybridized carbons (Fsp3) is 0.316. The van der Waals surface area contributed by atoms with Gasteiger partial charge in [0.1, 0.15) is 0 Å². The van der Waals surface area contributed by atoms with Gasteiger partial charge in [-0.1, -0.05) is 30.3 Å². The summed E-state index contributed by atoms with van der Waals surface area (Å²) in [6, 6.07) is 13.7. The summed E-state index contributed by atoms with van der Waals surface area (Å²) in [5.41, 5.74) is 3.48.